The molecular weight excluding hydrogens is 377 g/mol. The molecule has 0 aliphatic rings. The average molecular weight is 388 g/mol. The van der Waals surface area contributed by atoms with Gasteiger partial charge in [-0.05, 0) is 19.1 Å². The number of aromatic nitrogens is 3. The van der Waals surface area contributed by atoms with Crippen LogP contribution in [-0.4, -0.2) is 23.7 Å². The second-order valence-electron chi connectivity index (χ2n) is 5.15. The molecule has 0 spiro atoms. The summed E-state index contributed by atoms with van der Waals surface area (Å²) in [5.41, 5.74) is -0.987. The summed E-state index contributed by atoms with van der Waals surface area (Å²) >= 11 is 0. The van der Waals surface area contributed by atoms with Crippen LogP contribution in [0.4, 0.5) is 13.2 Å². The lowest BCUT2D eigenvalue weighted by atomic mass is 10.2. The normalized spacial score (nSPS) is 12.5. The number of nitrogens with one attached hydrogen (secondary N) is 1. The van der Waals surface area contributed by atoms with Crippen LogP contribution in [0.1, 0.15) is 17.2 Å². The van der Waals surface area contributed by atoms with Crippen LogP contribution in [0.2, 0.25) is 0 Å². The van der Waals surface area contributed by atoms with Gasteiger partial charge in [0.2, 0.25) is 21.7 Å². The van der Waals surface area contributed by atoms with Gasteiger partial charge in [0.15, 0.2) is 5.69 Å². The molecular formula is C14H11F3N4O4S. The smallest absolute Gasteiger partial charge is 0.361 e. The lowest BCUT2D eigenvalue weighted by molar-refractivity contribution is -0.139. The van der Waals surface area contributed by atoms with Gasteiger partial charge in [0.1, 0.15) is 5.76 Å². The van der Waals surface area contributed by atoms with E-state index in [1.807, 2.05) is 4.72 Å². The fourth-order valence-electron chi connectivity index (χ4n) is 2.07. The van der Waals surface area contributed by atoms with Crippen LogP contribution in [0.5, 0.6) is 0 Å². The van der Waals surface area contributed by atoms with E-state index < -0.39 is 33.2 Å². The van der Waals surface area contributed by atoms with Crippen molar-refractivity contribution in [2.75, 3.05) is 0 Å². The van der Waals surface area contributed by atoms with Gasteiger partial charge in [-0.1, -0.05) is 22.4 Å². The summed E-state index contributed by atoms with van der Waals surface area (Å²) < 4.78 is 75.1. The molecule has 2 heterocycles. The van der Waals surface area contributed by atoms with Crippen LogP contribution in [0.25, 0.3) is 11.5 Å². The first-order valence-corrected chi connectivity index (χ1v) is 8.57. The highest BCUT2D eigenvalue weighted by atomic mass is 32.2. The van der Waals surface area contributed by atoms with E-state index in [0.717, 1.165) is 12.1 Å². The summed E-state index contributed by atoms with van der Waals surface area (Å²) in [5, 5.41) is 7.28. The van der Waals surface area contributed by atoms with Gasteiger partial charge in [-0.15, -0.1) is 0 Å². The monoisotopic (exact) mass is 388 g/mol. The quantitative estimate of drug-likeness (QED) is 0.715. The van der Waals surface area contributed by atoms with Crippen molar-refractivity contribution in [3.05, 3.63) is 47.5 Å². The van der Waals surface area contributed by atoms with E-state index in [4.69, 9.17) is 9.05 Å². The summed E-state index contributed by atoms with van der Waals surface area (Å²) in [6.45, 7) is 1.17. The maximum atomic E-state index is 13.0. The zero-order valence-electron chi connectivity index (χ0n) is 13.1. The van der Waals surface area contributed by atoms with Gasteiger partial charge in [-0.3, -0.25) is 0 Å². The van der Waals surface area contributed by atoms with Crippen molar-refractivity contribution < 1.29 is 30.6 Å². The van der Waals surface area contributed by atoms with E-state index >= 15 is 0 Å². The first kappa shape index (κ1) is 18.1. The second kappa shape index (κ2) is 6.53. The molecule has 0 aliphatic carbocycles. The Morgan fingerprint density at radius 3 is 2.54 bits per heavy atom. The molecule has 26 heavy (non-hydrogen) atoms. The lowest BCUT2D eigenvalue weighted by Crippen LogP contribution is -2.26. The largest absolute Gasteiger partial charge is 0.417 e. The topological polar surface area (TPSA) is 111 Å². The van der Waals surface area contributed by atoms with Gasteiger partial charge in [0.25, 0.3) is 0 Å². The molecule has 0 saturated carbocycles. The van der Waals surface area contributed by atoms with Crippen LogP contribution in [-0.2, 0) is 22.7 Å². The minimum Gasteiger partial charge on any atom is -0.361 e. The number of rotatable bonds is 5. The van der Waals surface area contributed by atoms with E-state index in [1.54, 1.807) is 13.0 Å². The zero-order chi connectivity index (χ0) is 18.9. The van der Waals surface area contributed by atoms with Gasteiger partial charge in [0, 0.05) is 6.07 Å². The van der Waals surface area contributed by atoms with Crippen molar-refractivity contribution in [2.45, 2.75) is 24.5 Å². The minimum absolute atomic E-state index is 0.0618. The molecule has 0 bridgehead atoms. The molecule has 0 fully saturated rings. The number of hydrogen-bond donors (Lipinski definition) is 1. The van der Waals surface area contributed by atoms with E-state index in [2.05, 4.69) is 15.3 Å². The predicted molar refractivity (Wildman–Crippen MR) is 80.0 cm³/mol. The highest BCUT2D eigenvalue weighted by Gasteiger charge is 2.36. The molecule has 0 aliphatic heterocycles. The average Bonchev–Trinajstić information content (AvgIpc) is 3.21. The fourth-order valence-corrected chi connectivity index (χ4v) is 3.27. The van der Waals surface area contributed by atoms with Crippen molar-refractivity contribution in [3.8, 4) is 11.5 Å². The number of halogens is 3. The predicted octanol–water partition coefficient (Wildman–Crippen LogP) is 2.53. The van der Waals surface area contributed by atoms with E-state index in [9.17, 15) is 21.6 Å². The van der Waals surface area contributed by atoms with Gasteiger partial charge in [-0.25, -0.2) is 13.1 Å². The van der Waals surface area contributed by atoms with Crippen LogP contribution in [0.3, 0.4) is 0 Å². The van der Waals surface area contributed by atoms with Crippen LogP contribution < -0.4 is 4.72 Å². The van der Waals surface area contributed by atoms with Gasteiger partial charge in [-0.2, -0.15) is 18.2 Å². The molecule has 1 aromatic carbocycles. The Balaban J connectivity index is 1.79. The third kappa shape index (κ3) is 3.75. The summed E-state index contributed by atoms with van der Waals surface area (Å²) in [4.78, 5) is 3.02. The van der Waals surface area contributed by atoms with E-state index in [-0.39, 0.29) is 17.4 Å². The lowest BCUT2D eigenvalue weighted by Gasteiger charge is -2.12. The van der Waals surface area contributed by atoms with Crippen molar-refractivity contribution in [3.63, 3.8) is 0 Å². The Labute approximate surface area is 145 Å². The third-order valence-electron chi connectivity index (χ3n) is 3.22. The fraction of sp³-hybridized carbons (Fsp3) is 0.214. The van der Waals surface area contributed by atoms with Crippen LogP contribution in [0, 0.1) is 6.92 Å². The molecule has 12 heteroatoms. The Morgan fingerprint density at radius 1 is 1.15 bits per heavy atom. The van der Waals surface area contributed by atoms with Crippen molar-refractivity contribution >= 4 is 10.0 Å². The number of benzene rings is 1. The molecule has 3 aromatic rings. The summed E-state index contributed by atoms with van der Waals surface area (Å²) in [6.07, 6.45) is -4.81. The molecule has 0 amide bonds. The molecule has 0 radical (unpaired) electrons. The molecule has 3 rings (SSSR count). The Bertz CT molecular complexity index is 1030. The summed E-state index contributed by atoms with van der Waals surface area (Å²) in [7, 11) is -4.46. The standard InChI is InChI=1S/C14H11F3N4O4S/c1-8-6-10(20-24-8)13-19-12(25-21-13)7-18-26(22,23)11-5-3-2-4-9(11)14(15,16)17/h2-6,18H,7H2,1H3. The second-order valence-corrected chi connectivity index (χ2v) is 6.89. The van der Waals surface area contributed by atoms with E-state index in [0.29, 0.717) is 11.8 Å². The molecule has 0 atom stereocenters. The van der Waals surface area contributed by atoms with Crippen LogP contribution >= 0.6 is 0 Å². The van der Waals surface area contributed by atoms with Crippen molar-refractivity contribution in [1.82, 2.24) is 20.0 Å². The first-order valence-electron chi connectivity index (χ1n) is 7.09. The molecule has 138 valence electrons. The number of sulfonamides is 1. The SMILES string of the molecule is Cc1cc(-c2noc(CNS(=O)(=O)c3ccccc3C(F)(F)F)n2)no1. The molecule has 0 saturated heterocycles. The Kier molecular flexibility index (Phi) is 4.54. The maximum Gasteiger partial charge on any atom is 0.417 e. The first-order chi connectivity index (χ1) is 12.2. The Morgan fingerprint density at radius 2 is 1.88 bits per heavy atom. The minimum atomic E-state index is -4.81. The highest BCUT2D eigenvalue weighted by molar-refractivity contribution is 7.89. The maximum absolute atomic E-state index is 13.0. The number of nitrogens with zero attached hydrogens (tertiary/aromatic N) is 3. The zero-order valence-corrected chi connectivity index (χ0v) is 13.9. The molecule has 1 N–H and O–H groups in total. The van der Waals surface area contributed by atoms with Crippen molar-refractivity contribution in [1.29, 1.82) is 0 Å². The molecule has 0 unspecified atom stereocenters. The summed E-state index contributed by atoms with van der Waals surface area (Å²) in [6, 6.07) is 5.39. The van der Waals surface area contributed by atoms with Crippen LogP contribution in [0.15, 0.2) is 44.3 Å². The van der Waals surface area contributed by atoms with Gasteiger partial charge >= 0.3 is 6.18 Å². The number of aryl methyl sites for hydroxylation is 1. The number of alkyl halides is 3. The number of hydrogen-bond acceptors (Lipinski definition) is 7. The molecule has 8 nitrogen and oxygen atoms in total. The third-order valence-corrected chi connectivity index (χ3v) is 4.68. The van der Waals surface area contributed by atoms with E-state index in [1.165, 1.54) is 6.07 Å². The summed E-state index contributed by atoms with van der Waals surface area (Å²) in [5.74, 6) is 0.427. The van der Waals surface area contributed by atoms with Crippen molar-refractivity contribution in [2.24, 2.45) is 0 Å². The Hall–Kier alpha value is -2.73. The van der Waals surface area contributed by atoms with Gasteiger partial charge < -0.3 is 9.05 Å². The van der Waals surface area contributed by atoms with Gasteiger partial charge in [0.05, 0.1) is 17.0 Å². The highest BCUT2D eigenvalue weighted by Crippen LogP contribution is 2.33. The molecule has 2 aromatic heterocycles.